The van der Waals surface area contributed by atoms with Gasteiger partial charge in [0, 0.05) is 0 Å². The van der Waals surface area contributed by atoms with Gasteiger partial charge in [-0.2, -0.15) is 4.68 Å². The third-order valence-electron chi connectivity index (χ3n) is 3.05. The molecular weight excluding hydrogens is 238 g/mol. The van der Waals surface area contributed by atoms with Crippen LogP contribution in [0.1, 0.15) is 39.1 Å². The maximum absolute atomic E-state index is 4.05. The Bertz CT molecular complexity index is 522. The normalized spacial score (nSPS) is 11.8. The number of nitrogens with one attached hydrogen (secondary N) is 1. The van der Waals surface area contributed by atoms with Crippen molar-refractivity contribution in [3.8, 4) is 5.69 Å². The molecule has 5 heteroatoms. The van der Waals surface area contributed by atoms with Crippen LogP contribution in [0.2, 0.25) is 0 Å². The number of tetrazole rings is 1. The zero-order valence-corrected chi connectivity index (χ0v) is 12.0. The monoisotopic (exact) mass is 259 g/mol. The van der Waals surface area contributed by atoms with E-state index in [1.54, 1.807) is 4.68 Å². The summed E-state index contributed by atoms with van der Waals surface area (Å²) in [4.78, 5) is 0. The molecule has 19 heavy (non-hydrogen) atoms. The van der Waals surface area contributed by atoms with Gasteiger partial charge in [-0.3, -0.25) is 0 Å². The molecule has 1 aromatic heterocycles. The molecule has 0 bridgehead atoms. The van der Waals surface area contributed by atoms with Crippen LogP contribution in [-0.4, -0.2) is 26.8 Å². The first-order chi connectivity index (χ1) is 9.02. The Morgan fingerprint density at radius 1 is 1.16 bits per heavy atom. The lowest BCUT2D eigenvalue weighted by Crippen LogP contribution is -2.16. The lowest BCUT2D eigenvalue weighted by Gasteiger charge is -2.19. The van der Waals surface area contributed by atoms with E-state index in [4.69, 9.17) is 0 Å². The van der Waals surface area contributed by atoms with Crippen LogP contribution in [0.3, 0.4) is 0 Å². The number of hydrogen-bond donors (Lipinski definition) is 1. The molecule has 0 aliphatic carbocycles. The van der Waals surface area contributed by atoms with E-state index in [2.05, 4.69) is 72.8 Å². The Balaban J connectivity index is 2.25. The predicted octanol–water partition coefficient (Wildman–Crippen LogP) is 2.07. The first kappa shape index (κ1) is 13.7. The van der Waals surface area contributed by atoms with Crippen molar-refractivity contribution in [3.63, 3.8) is 0 Å². The van der Waals surface area contributed by atoms with Crippen LogP contribution in [-0.2, 0) is 12.0 Å². The maximum atomic E-state index is 4.05. The fourth-order valence-corrected chi connectivity index (χ4v) is 1.86. The van der Waals surface area contributed by atoms with Gasteiger partial charge >= 0.3 is 0 Å². The summed E-state index contributed by atoms with van der Waals surface area (Å²) in [5, 5.41) is 15.1. The highest BCUT2D eigenvalue weighted by Crippen LogP contribution is 2.23. The van der Waals surface area contributed by atoms with Gasteiger partial charge in [0.1, 0.15) is 0 Å². The molecule has 0 fully saturated rings. The fraction of sp³-hybridized carbons (Fsp3) is 0.500. The molecule has 0 radical (unpaired) electrons. The summed E-state index contributed by atoms with van der Waals surface area (Å²) < 4.78 is 1.77. The largest absolute Gasteiger partial charge is 0.310 e. The van der Waals surface area contributed by atoms with Gasteiger partial charge in [-0.1, -0.05) is 39.8 Å². The highest BCUT2D eigenvalue weighted by molar-refractivity contribution is 5.36. The van der Waals surface area contributed by atoms with E-state index in [0.29, 0.717) is 6.54 Å². The number of benzene rings is 1. The molecule has 102 valence electrons. The van der Waals surface area contributed by atoms with Gasteiger partial charge in [0.25, 0.3) is 0 Å². The molecule has 0 saturated heterocycles. The molecule has 0 atom stereocenters. The van der Waals surface area contributed by atoms with Crippen molar-refractivity contribution in [3.05, 3.63) is 35.7 Å². The minimum absolute atomic E-state index is 0.158. The second-order valence-corrected chi connectivity index (χ2v) is 5.58. The number of hydrogen-bond acceptors (Lipinski definition) is 4. The highest BCUT2D eigenvalue weighted by atomic mass is 15.5. The smallest absolute Gasteiger partial charge is 0.170 e. The van der Waals surface area contributed by atoms with Gasteiger partial charge in [0.05, 0.1) is 12.2 Å². The average molecular weight is 259 g/mol. The fourth-order valence-electron chi connectivity index (χ4n) is 1.86. The van der Waals surface area contributed by atoms with Crippen LogP contribution < -0.4 is 5.32 Å². The number of nitrogens with zero attached hydrogens (tertiary/aromatic N) is 4. The zero-order chi connectivity index (χ0) is 13.9. The topological polar surface area (TPSA) is 55.6 Å². The van der Waals surface area contributed by atoms with E-state index < -0.39 is 0 Å². The molecule has 2 aromatic rings. The Morgan fingerprint density at radius 2 is 1.84 bits per heavy atom. The van der Waals surface area contributed by atoms with Crippen LogP contribution in [0.25, 0.3) is 5.69 Å². The van der Waals surface area contributed by atoms with Crippen molar-refractivity contribution >= 4 is 0 Å². The molecule has 0 aliphatic rings. The SMILES string of the molecule is CCNCc1nnnn1-c1ccc(C(C)(C)C)cc1. The van der Waals surface area contributed by atoms with Crippen molar-refractivity contribution in [1.82, 2.24) is 25.5 Å². The van der Waals surface area contributed by atoms with Gasteiger partial charge in [-0.25, -0.2) is 0 Å². The molecule has 0 spiro atoms. The van der Waals surface area contributed by atoms with Gasteiger partial charge < -0.3 is 5.32 Å². The van der Waals surface area contributed by atoms with Gasteiger partial charge in [0.2, 0.25) is 0 Å². The molecule has 0 saturated carbocycles. The predicted molar refractivity (Wildman–Crippen MR) is 75.2 cm³/mol. The minimum atomic E-state index is 0.158. The third kappa shape index (κ3) is 3.17. The van der Waals surface area contributed by atoms with Crippen molar-refractivity contribution in [2.75, 3.05) is 6.54 Å². The maximum Gasteiger partial charge on any atom is 0.170 e. The van der Waals surface area contributed by atoms with E-state index in [-0.39, 0.29) is 5.41 Å². The van der Waals surface area contributed by atoms with E-state index in [0.717, 1.165) is 18.1 Å². The van der Waals surface area contributed by atoms with E-state index in [1.165, 1.54) is 5.56 Å². The minimum Gasteiger partial charge on any atom is -0.310 e. The van der Waals surface area contributed by atoms with Crippen LogP contribution in [0, 0.1) is 0 Å². The summed E-state index contributed by atoms with van der Waals surface area (Å²) in [6, 6.07) is 8.39. The molecule has 2 rings (SSSR count). The Labute approximate surface area is 114 Å². The van der Waals surface area contributed by atoms with E-state index in [9.17, 15) is 0 Å². The molecular formula is C14H21N5. The van der Waals surface area contributed by atoms with Crippen molar-refractivity contribution in [2.24, 2.45) is 0 Å². The summed E-state index contributed by atoms with van der Waals surface area (Å²) in [6.07, 6.45) is 0. The van der Waals surface area contributed by atoms with Crippen LogP contribution in [0.15, 0.2) is 24.3 Å². The van der Waals surface area contributed by atoms with Crippen molar-refractivity contribution < 1.29 is 0 Å². The van der Waals surface area contributed by atoms with Crippen molar-refractivity contribution in [1.29, 1.82) is 0 Å². The number of aromatic nitrogens is 4. The molecule has 0 amide bonds. The molecule has 0 aliphatic heterocycles. The third-order valence-corrected chi connectivity index (χ3v) is 3.05. The second kappa shape index (κ2) is 5.48. The van der Waals surface area contributed by atoms with Gasteiger partial charge in [-0.15, -0.1) is 5.10 Å². The molecule has 0 unspecified atom stereocenters. The van der Waals surface area contributed by atoms with Crippen LogP contribution in [0.5, 0.6) is 0 Å². The zero-order valence-electron chi connectivity index (χ0n) is 12.0. The first-order valence-corrected chi connectivity index (χ1v) is 6.61. The first-order valence-electron chi connectivity index (χ1n) is 6.61. The molecule has 1 N–H and O–H groups in total. The lowest BCUT2D eigenvalue weighted by molar-refractivity contribution is 0.589. The van der Waals surface area contributed by atoms with Crippen molar-refractivity contribution in [2.45, 2.75) is 39.7 Å². The quantitative estimate of drug-likeness (QED) is 0.913. The van der Waals surface area contributed by atoms with Gasteiger partial charge in [0.15, 0.2) is 5.82 Å². The lowest BCUT2D eigenvalue weighted by atomic mass is 9.87. The van der Waals surface area contributed by atoms with Crippen LogP contribution in [0.4, 0.5) is 0 Å². The summed E-state index contributed by atoms with van der Waals surface area (Å²) in [6.45, 7) is 10.2. The summed E-state index contributed by atoms with van der Waals surface area (Å²) in [5.41, 5.74) is 2.45. The average Bonchev–Trinajstić information content (AvgIpc) is 2.83. The highest BCUT2D eigenvalue weighted by Gasteiger charge is 2.14. The summed E-state index contributed by atoms with van der Waals surface area (Å²) in [7, 11) is 0. The van der Waals surface area contributed by atoms with Crippen LogP contribution >= 0.6 is 0 Å². The summed E-state index contributed by atoms with van der Waals surface area (Å²) >= 11 is 0. The Morgan fingerprint density at radius 3 is 2.42 bits per heavy atom. The molecule has 1 heterocycles. The Kier molecular flexibility index (Phi) is 3.95. The second-order valence-electron chi connectivity index (χ2n) is 5.58. The molecule has 5 nitrogen and oxygen atoms in total. The number of rotatable bonds is 4. The standard InChI is InChI=1S/C14H21N5/c1-5-15-10-13-16-17-18-19(13)12-8-6-11(7-9-12)14(2,3)4/h6-9,15H,5,10H2,1-4H3. The van der Waals surface area contributed by atoms with E-state index >= 15 is 0 Å². The Hall–Kier alpha value is -1.75. The summed E-state index contributed by atoms with van der Waals surface area (Å²) in [5.74, 6) is 0.824. The van der Waals surface area contributed by atoms with Gasteiger partial charge in [-0.05, 0) is 40.1 Å². The van der Waals surface area contributed by atoms with E-state index in [1.807, 2.05) is 0 Å². The molecule has 1 aromatic carbocycles.